The summed E-state index contributed by atoms with van der Waals surface area (Å²) in [6.45, 7) is 3.77. The SMILES string of the molecule is CCOC(=O)/C=C1\CCC(=O)N1CC(=O)OCC. The van der Waals surface area contributed by atoms with Gasteiger partial charge in [-0.1, -0.05) is 0 Å². The van der Waals surface area contributed by atoms with Crippen LogP contribution in [0, 0.1) is 0 Å². The Labute approximate surface area is 106 Å². The quantitative estimate of drug-likeness (QED) is 0.532. The summed E-state index contributed by atoms with van der Waals surface area (Å²) in [6, 6.07) is 0. The Morgan fingerprint density at radius 1 is 1.22 bits per heavy atom. The molecule has 0 spiro atoms. The topological polar surface area (TPSA) is 72.9 Å². The molecule has 1 heterocycles. The Kier molecular flexibility index (Phi) is 5.35. The average molecular weight is 255 g/mol. The monoisotopic (exact) mass is 255 g/mol. The zero-order chi connectivity index (χ0) is 13.5. The minimum absolute atomic E-state index is 0.155. The molecule has 0 N–H and O–H groups in total. The van der Waals surface area contributed by atoms with E-state index in [0.29, 0.717) is 18.5 Å². The number of likely N-dealkylation sites (tertiary alicyclic amines) is 1. The van der Waals surface area contributed by atoms with Gasteiger partial charge in [-0.15, -0.1) is 0 Å². The number of hydrogen-bond acceptors (Lipinski definition) is 5. The van der Waals surface area contributed by atoms with Crippen LogP contribution in [-0.2, 0) is 23.9 Å². The van der Waals surface area contributed by atoms with Crippen molar-refractivity contribution >= 4 is 17.8 Å². The minimum Gasteiger partial charge on any atom is -0.465 e. The van der Waals surface area contributed by atoms with Crippen LogP contribution in [0.3, 0.4) is 0 Å². The van der Waals surface area contributed by atoms with Crippen LogP contribution in [0.5, 0.6) is 0 Å². The number of nitrogens with zero attached hydrogens (tertiary/aromatic N) is 1. The van der Waals surface area contributed by atoms with Gasteiger partial charge in [0.15, 0.2) is 0 Å². The fraction of sp³-hybridized carbons (Fsp3) is 0.583. The molecule has 0 aromatic heterocycles. The van der Waals surface area contributed by atoms with E-state index in [4.69, 9.17) is 9.47 Å². The Morgan fingerprint density at radius 2 is 1.89 bits per heavy atom. The highest BCUT2D eigenvalue weighted by atomic mass is 16.5. The van der Waals surface area contributed by atoms with Crippen molar-refractivity contribution in [3.8, 4) is 0 Å². The second-order valence-corrected chi connectivity index (χ2v) is 3.67. The van der Waals surface area contributed by atoms with E-state index in [0.717, 1.165) is 0 Å². The highest BCUT2D eigenvalue weighted by Gasteiger charge is 2.28. The van der Waals surface area contributed by atoms with Crippen LogP contribution in [0.2, 0.25) is 0 Å². The summed E-state index contributed by atoms with van der Waals surface area (Å²) in [5, 5.41) is 0. The number of carbonyl (C=O) groups is 3. The van der Waals surface area contributed by atoms with E-state index in [1.54, 1.807) is 13.8 Å². The fourth-order valence-corrected chi connectivity index (χ4v) is 1.66. The molecule has 0 aromatic carbocycles. The summed E-state index contributed by atoms with van der Waals surface area (Å²) in [6.07, 6.45) is 2.00. The molecule has 1 amide bonds. The first-order chi connectivity index (χ1) is 8.58. The van der Waals surface area contributed by atoms with Crippen LogP contribution in [0.15, 0.2) is 11.8 Å². The van der Waals surface area contributed by atoms with Gasteiger partial charge in [0.05, 0.1) is 13.2 Å². The number of allylic oxidation sites excluding steroid dienone is 1. The summed E-state index contributed by atoms with van der Waals surface area (Å²) in [7, 11) is 0. The van der Waals surface area contributed by atoms with Crippen molar-refractivity contribution < 1.29 is 23.9 Å². The zero-order valence-electron chi connectivity index (χ0n) is 10.6. The van der Waals surface area contributed by atoms with E-state index >= 15 is 0 Å². The zero-order valence-corrected chi connectivity index (χ0v) is 10.6. The lowest BCUT2D eigenvalue weighted by atomic mass is 10.3. The maximum atomic E-state index is 11.6. The van der Waals surface area contributed by atoms with Crippen LogP contribution in [-0.4, -0.2) is 42.5 Å². The van der Waals surface area contributed by atoms with Gasteiger partial charge in [-0.25, -0.2) is 4.79 Å². The second kappa shape index (κ2) is 6.78. The van der Waals surface area contributed by atoms with Crippen LogP contribution < -0.4 is 0 Å². The smallest absolute Gasteiger partial charge is 0.332 e. The van der Waals surface area contributed by atoms with Crippen molar-refractivity contribution in [2.45, 2.75) is 26.7 Å². The summed E-state index contributed by atoms with van der Waals surface area (Å²) < 4.78 is 9.55. The van der Waals surface area contributed by atoms with Crippen LogP contribution in [0.1, 0.15) is 26.7 Å². The Bertz CT molecular complexity index is 375. The molecule has 1 aliphatic rings. The number of hydrogen-bond donors (Lipinski definition) is 0. The molecule has 1 aliphatic heterocycles. The predicted molar refractivity (Wildman–Crippen MR) is 62.3 cm³/mol. The number of carbonyl (C=O) groups excluding carboxylic acids is 3. The molecule has 1 fully saturated rings. The first kappa shape index (κ1) is 14.2. The van der Waals surface area contributed by atoms with Gasteiger partial charge in [0.2, 0.25) is 5.91 Å². The molecule has 0 radical (unpaired) electrons. The molecule has 0 saturated carbocycles. The molecule has 1 rings (SSSR count). The molecular weight excluding hydrogens is 238 g/mol. The third kappa shape index (κ3) is 3.87. The number of esters is 2. The van der Waals surface area contributed by atoms with Gasteiger partial charge in [-0.3, -0.25) is 9.59 Å². The van der Waals surface area contributed by atoms with E-state index in [9.17, 15) is 14.4 Å². The van der Waals surface area contributed by atoms with Crippen LogP contribution >= 0.6 is 0 Å². The Balaban J connectivity index is 2.70. The first-order valence-corrected chi connectivity index (χ1v) is 5.91. The van der Waals surface area contributed by atoms with Crippen LogP contribution in [0.4, 0.5) is 0 Å². The lowest BCUT2D eigenvalue weighted by molar-refractivity contribution is -0.147. The predicted octanol–water partition coefficient (Wildman–Crippen LogP) is 0.619. The first-order valence-electron chi connectivity index (χ1n) is 5.91. The van der Waals surface area contributed by atoms with Gasteiger partial charge in [-0.2, -0.15) is 0 Å². The average Bonchev–Trinajstić information content (AvgIpc) is 2.62. The molecule has 0 atom stereocenters. The van der Waals surface area contributed by atoms with Crippen molar-refractivity contribution in [3.05, 3.63) is 11.8 Å². The second-order valence-electron chi connectivity index (χ2n) is 3.67. The standard InChI is InChI=1S/C12H17NO5/c1-3-17-11(15)7-9-5-6-10(14)13(9)8-12(16)18-4-2/h7H,3-6,8H2,1-2H3/b9-7+. The van der Waals surface area contributed by atoms with E-state index in [1.807, 2.05) is 0 Å². The number of ether oxygens (including phenoxy) is 2. The third-order valence-electron chi connectivity index (χ3n) is 2.41. The molecule has 1 saturated heterocycles. The van der Waals surface area contributed by atoms with Crippen molar-refractivity contribution in [3.63, 3.8) is 0 Å². The number of rotatable bonds is 5. The molecule has 18 heavy (non-hydrogen) atoms. The lowest BCUT2D eigenvalue weighted by Gasteiger charge is -2.16. The Hall–Kier alpha value is -1.85. The molecule has 100 valence electrons. The summed E-state index contributed by atoms with van der Waals surface area (Å²) in [5.74, 6) is -1.17. The molecule has 0 aromatic rings. The molecule has 6 nitrogen and oxygen atoms in total. The van der Waals surface area contributed by atoms with E-state index in [2.05, 4.69) is 0 Å². The van der Waals surface area contributed by atoms with Crippen molar-refractivity contribution in [2.75, 3.05) is 19.8 Å². The van der Waals surface area contributed by atoms with E-state index in [1.165, 1.54) is 11.0 Å². The molecular formula is C12H17NO5. The van der Waals surface area contributed by atoms with E-state index in [-0.39, 0.29) is 25.7 Å². The minimum atomic E-state index is -0.504. The van der Waals surface area contributed by atoms with Gasteiger partial charge in [0.25, 0.3) is 0 Å². The maximum Gasteiger partial charge on any atom is 0.332 e. The normalized spacial score (nSPS) is 17.1. The summed E-state index contributed by atoms with van der Waals surface area (Å²) >= 11 is 0. The van der Waals surface area contributed by atoms with Crippen molar-refractivity contribution in [1.82, 2.24) is 4.90 Å². The van der Waals surface area contributed by atoms with Crippen LogP contribution in [0.25, 0.3) is 0 Å². The van der Waals surface area contributed by atoms with Gasteiger partial charge in [0, 0.05) is 18.2 Å². The molecule has 6 heteroatoms. The fourth-order valence-electron chi connectivity index (χ4n) is 1.66. The molecule has 0 aliphatic carbocycles. The van der Waals surface area contributed by atoms with Gasteiger partial charge in [-0.05, 0) is 20.3 Å². The van der Waals surface area contributed by atoms with Gasteiger partial charge >= 0.3 is 11.9 Å². The summed E-state index contributed by atoms with van der Waals surface area (Å²) in [5.41, 5.74) is 0.506. The van der Waals surface area contributed by atoms with E-state index < -0.39 is 11.9 Å². The lowest BCUT2D eigenvalue weighted by Crippen LogP contribution is -2.31. The summed E-state index contributed by atoms with van der Waals surface area (Å²) in [4.78, 5) is 35.5. The maximum absolute atomic E-state index is 11.6. The van der Waals surface area contributed by atoms with Crippen molar-refractivity contribution in [2.24, 2.45) is 0 Å². The van der Waals surface area contributed by atoms with Gasteiger partial charge in [0.1, 0.15) is 6.54 Å². The number of amides is 1. The highest BCUT2D eigenvalue weighted by molar-refractivity contribution is 5.89. The Morgan fingerprint density at radius 3 is 2.50 bits per heavy atom. The van der Waals surface area contributed by atoms with Crippen molar-refractivity contribution in [1.29, 1.82) is 0 Å². The molecule has 0 unspecified atom stereocenters. The third-order valence-corrected chi connectivity index (χ3v) is 2.41. The van der Waals surface area contributed by atoms with Gasteiger partial charge < -0.3 is 14.4 Å². The highest BCUT2D eigenvalue weighted by Crippen LogP contribution is 2.22. The molecule has 0 bridgehead atoms. The largest absolute Gasteiger partial charge is 0.465 e.